The van der Waals surface area contributed by atoms with Crippen LogP contribution in [0, 0.1) is 5.82 Å². The minimum atomic E-state index is -3.75. The molecule has 168 valence electrons. The van der Waals surface area contributed by atoms with Crippen LogP contribution in [-0.4, -0.2) is 63.4 Å². The zero-order valence-electron chi connectivity index (χ0n) is 17.7. The number of amides is 1. The molecule has 0 spiro atoms. The van der Waals surface area contributed by atoms with Crippen LogP contribution in [0.25, 0.3) is 0 Å². The fourth-order valence-corrected chi connectivity index (χ4v) is 4.77. The number of carbonyl (C=O) groups is 1. The number of rotatable bonds is 9. The number of nitrogens with zero attached hydrogens (tertiary/aromatic N) is 2. The third-order valence-electron chi connectivity index (χ3n) is 5.48. The molecule has 0 unspecified atom stereocenters. The molecule has 6 nitrogen and oxygen atoms in total. The Kier molecular flexibility index (Phi) is 8.57. The van der Waals surface area contributed by atoms with Gasteiger partial charge in [0.05, 0.1) is 4.90 Å². The fraction of sp³-hybridized carbons (Fsp3) is 0.435. The Morgan fingerprint density at radius 3 is 2.45 bits per heavy atom. The van der Waals surface area contributed by atoms with Crippen LogP contribution in [0.1, 0.15) is 24.8 Å². The van der Waals surface area contributed by atoms with Crippen molar-refractivity contribution in [3.63, 3.8) is 0 Å². The van der Waals surface area contributed by atoms with Crippen LogP contribution in [-0.2, 0) is 21.2 Å². The Bertz CT molecular complexity index is 936. The standard InChI is InChI=1S/C23H30FN3O3S/c24-21-9-11-22(12-10-21)31(29,30)25-14-13-23(28)27-17-5-16-26(18-19-27)15-4-8-20-6-2-1-3-7-20/h1-3,6-7,9-12,25H,4-5,8,13-19H2. The first-order valence-corrected chi connectivity index (χ1v) is 12.2. The number of hydrogen-bond acceptors (Lipinski definition) is 4. The first kappa shape index (κ1) is 23.4. The highest BCUT2D eigenvalue weighted by Gasteiger charge is 2.20. The maximum atomic E-state index is 13.0. The van der Waals surface area contributed by atoms with Crippen LogP contribution in [0.3, 0.4) is 0 Å². The highest BCUT2D eigenvalue weighted by atomic mass is 32.2. The molecule has 0 saturated carbocycles. The van der Waals surface area contributed by atoms with Gasteiger partial charge in [-0.25, -0.2) is 17.5 Å². The first-order chi connectivity index (χ1) is 14.9. The van der Waals surface area contributed by atoms with Gasteiger partial charge in [-0.3, -0.25) is 4.79 Å². The lowest BCUT2D eigenvalue weighted by Crippen LogP contribution is -2.37. The molecule has 0 atom stereocenters. The molecule has 1 fully saturated rings. The average molecular weight is 448 g/mol. The van der Waals surface area contributed by atoms with Crippen molar-refractivity contribution in [3.8, 4) is 0 Å². The summed E-state index contributed by atoms with van der Waals surface area (Å²) < 4.78 is 39.9. The molecular weight excluding hydrogens is 417 g/mol. The van der Waals surface area contributed by atoms with Crippen LogP contribution in [0.2, 0.25) is 0 Å². The molecule has 1 saturated heterocycles. The molecule has 2 aromatic rings. The van der Waals surface area contributed by atoms with Gasteiger partial charge in [0.1, 0.15) is 5.82 Å². The predicted molar refractivity (Wildman–Crippen MR) is 119 cm³/mol. The molecular formula is C23H30FN3O3S. The lowest BCUT2D eigenvalue weighted by molar-refractivity contribution is -0.130. The molecule has 8 heteroatoms. The van der Waals surface area contributed by atoms with E-state index < -0.39 is 15.8 Å². The third kappa shape index (κ3) is 7.41. The molecule has 0 radical (unpaired) electrons. The zero-order valence-corrected chi connectivity index (χ0v) is 18.5. The van der Waals surface area contributed by atoms with E-state index in [2.05, 4.69) is 33.9 Å². The predicted octanol–water partition coefficient (Wildman–Crippen LogP) is 2.66. The molecule has 0 bridgehead atoms. The highest BCUT2D eigenvalue weighted by Crippen LogP contribution is 2.11. The molecule has 0 aliphatic carbocycles. The quantitative estimate of drug-likeness (QED) is 0.642. The van der Waals surface area contributed by atoms with E-state index in [-0.39, 0.29) is 23.8 Å². The fourth-order valence-electron chi connectivity index (χ4n) is 3.74. The zero-order chi connectivity index (χ0) is 22.1. The van der Waals surface area contributed by atoms with E-state index in [4.69, 9.17) is 0 Å². The number of benzene rings is 2. The number of nitrogens with one attached hydrogen (secondary N) is 1. The van der Waals surface area contributed by atoms with Crippen LogP contribution in [0.4, 0.5) is 4.39 Å². The highest BCUT2D eigenvalue weighted by molar-refractivity contribution is 7.89. The number of halogens is 1. The van der Waals surface area contributed by atoms with Crippen molar-refractivity contribution in [3.05, 3.63) is 66.0 Å². The van der Waals surface area contributed by atoms with E-state index in [1.165, 1.54) is 17.7 Å². The van der Waals surface area contributed by atoms with E-state index in [1.807, 2.05) is 11.0 Å². The van der Waals surface area contributed by atoms with E-state index in [1.54, 1.807) is 0 Å². The largest absolute Gasteiger partial charge is 0.341 e. The summed E-state index contributed by atoms with van der Waals surface area (Å²) in [7, 11) is -3.75. The Morgan fingerprint density at radius 1 is 0.968 bits per heavy atom. The third-order valence-corrected chi connectivity index (χ3v) is 6.96. The molecule has 1 amide bonds. The van der Waals surface area contributed by atoms with Gasteiger partial charge >= 0.3 is 0 Å². The van der Waals surface area contributed by atoms with E-state index in [9.17, 15) is 17.6 Å². The van der Waals surface area contributed by atoms with Crippen molar-refractivity contribution in [2.75, 3.05) is 39.3 Å². The van der Waals surface area contributed by atoms with Gasteiger partial charge in [-0.05, 0) is 62.2 Å². The normalized spacial score (nSPS) is 15.6. The van der Waals surface area contributed by atoms with Gasteiger partial charge in [0.25, 0.3) is 0 Å². The Morgan fingerprint density at radius 2 is 1.71 bits per heavy atom. The smallest absolute Gasteiger partial charge is 0.240 e. The summed E-state index contributed by atoms with van der Waals surface area (Å²) in [5.74, 6) is -0.544. The average Bonchev–Trinajstić information content (AvgIpc) is 3.00. The van der Waals surface area contributed by atoms with Crippen molar-refractivity contribution < 1.29 is 17.6 Å². The van der Waals surface area contributed by atoms with Gasteiger partial charge in [-0.1, -0.05) is 30.3 Å². The molecule has 0 aromatic heterocycles. The van der Waals surface area contributed by atoms with Gasteiger partial charge < -0.3 is 9.80 Å². The van der Waals surface area contributed by atoms with Crippen molar-refractivity contribution in [1.82, 2.24) is 14.5 Å². The molecule has 1 aliphatic rings. The summed E-state index contributed by atoms with van der Waals surface area (Å²) in [4.78, 5) is 16.8. The number of sulfonamides is 1. The van der Waals surface area contributed by atoms with Gasteiger partial charge in [0.2, 0.25) is 15.9 Å². The van der Waals surface area contributed by atoms with Crippen molar-refractivity contribution in [1.29, 1.82) is 0 Å². The topological polar surface area (TPSA) is 69.7 Å². The minimum Gasteiger partial charge on any atom is -0.341 e. The number of aryl methyl sites for hydroxylation is 1. The molecule has 2 aromatic carbocycles. The maximum absolute atomic E-state index is 13.0. The Hall–Kier alpha value is -2.29. The van der Waals surface area contributed by atoms with Crippen molar-refractivity contribution >= 4 is 15.9 Å². The lowest BCUT2D eigenvalue weighted by atomic mass is 10.1. The second kappa shape index (κ2) is 11.4. The maximum Gasteiger partial charge on any atom is 0.240 e. The van der Waals surface area contributed by atoms with Crippen LogP contribution in [0.15, 0.2) is 59.5 Å². The van der Waals surface area contributed by atoms with E-state index in [0.29, 0.717) is 13.1 Å². The Labute approximate surface area is 184 Å². The second-order valence-corrected chi connectivity index (χ2v) is 9.53. The van der Waals surface area contributed by atoms with Crippen LogP contribution in [0.5, 0.6) is 0 Å². The SMILES string of the molecule is O=C(CCNS(=O)(=O)c1ccc(F)cc1)N1CCCN(CCCc2ccccc2)CC1. The lowest BCUT2D eigenvalue weighted by Gasteiger charge is -2.22. The monoisotopic (exact) mass is 447 g/mol. The summed E-state index contributed by atoms with van der Waals surface area (Å²) in [6, 6.07) is 15.1. The molecule has 31 heavy (non-hydrogen) atoms. The Balaban J connectivity index is 1.38. The summed E-state index contributed by atoms with van der Waals surface area (Å²) in [5, 5.41) is 0. The summed E-state index contributed by atoms with van der Waals surface area (Å²) in [6.45, 7) is 4.19. The first-order valence-electron chi connectivity index (χ1n) is 10.7. The van der Waals surface area contributed by atoms with Gasteiger partial charge in [0, 0.05) is 32.6 Å². The van der Waals surface area contributed by atoms with Crippen molar-refractivity contribution in [2.24, 2.45) is 0 Å². The minimum absolute atomic E-state index is 0.0118. The van der Waals surface area contributed by atoms with Gasteiger partial charge in [-0.15, -0.1) is 0 Å². The molecule has 1 N–H and O–H groups in total. The summed E-state index contributed by atoms with van der Waals surface area (Å²) >= 11 is 0. The number of hydrogen-bond donors (Lipinski definition) is 1. The molecule has 1 heterocycles. The second-order valence-electron chi connectivity index (χ2n) is 7.77. The van der Waals surface area contributed by atoms with Crippen LogP contribution >= 0.6 is 0 Å². The van der Waals surface area contributed by atoms with E-state index >= 15 is 0 Å². The number of carbonyl (C=O) groups excluding carboxylic acids is 1. The molecule has 3 rings (SSSR count). The van der Waals surface area contributed by atoms with Gasteiger partial charge in [-0.2, -0.15) is 0 Å². The van der Waals surface area contributed by atoms with Gasteiger partial charge in [0.15, 0.2) is 0 Å². The van der Waals surface area contributed by atoms with E-state index in [0.717, 1.165) is 51.0 Å². The van der Waals surface area contributed by atoms with Crippen LogP contribution < -0.4 is 4.72 Å². The summed E-state index contributed by atoms with van der Waals surface area (Å²) in [5.41, 5.74) is 1.34. The van der Waals surface area contributed by atoms with Crippen molar-refractivity contribution in [2.45, 2.75) is 30.6 Å². The molecule has 1 aliphatic heterocycles. The summed E-state index contributed by atoms with van der Waals surface area (Å²) in [6.07, 6.45) is 3.16.